The van der Waals surface area contributed by atoms with Crippen molar-refractivity contribution in [1.82, 2.24) is 0 Å². The molecule has 0 aliphatic heterocycles. The second kappa shape index (κ2) is 5.02. The predicted molar refractivity (Wildman–Crippen MR) is 58.6 cm³/mol. The van der Waals surface area contributed by atoms with Crippen LogP contribution in [0.25, 0.3) is 0 Å². The number of thiol groups is 1. The first-order chi connectivity index (χ1) is 6.63. The molecule has 1 aromatic rings. The first-order valence-corrected chi connectivity index (χ1v) is 4.91. The van der Waals surface area contributed by atoms with Crippen molar-refractivity contribution in [1.29, 1.82) is 0 Å². The molecule has 14 heavy (non-hydrogen) atoms. The average Bonchev–Trinajstić information content (AvgIpc) is 2.20. The molecule has 1 unspecified atom stereocenters. The van der Waals surface area contributed by atoms with Crippen LogP contribution in [0, 0.1) is 6.92 Å². The molecule has 0 spiro atoms. The molecule has 0 aliphatic carbocycles. The van der Waals surface area contributed by atoms with Crippen LogP contribution in [0.2, 0.25) is 0 Å². The molecule has 1 rings (SSSR count). The first kappa shape index (κ1) is 11.1. The summed E-state index contributed by atoms with van der Waals surface area (Å²) in [7, 11) is 0. The number of hydrogen-bond donors (Lipinski definition) is 2. The number of carbonyl (C=O) groups is 1. The Morgan fingerprint density at radius 2 is 2.07 bits per heavy atom. The van der Waals surface area contributed by atoms with Crippen LogP contribution in [0.1, 0.15) is 5.56 Å². The van der Waals surface area contributed by atoms with E-state index in [0.29, 0.717) is 5.75 Å². The second-order valence-corrected chi connectivity index (χ2v) is 3.39. The van der Waals surface area contributed by atoms with Gasteiger partial charge in [-0.05, 0) is 19.1 Å². The Bertz CT molecular complexity index is 310. The molecular weight excluding hydrogens is 198 g/mol. The third-order valence-electron chi connectivity index (χ3n) is 1.74. The van der Waals surface area contributed by atoms with E-state index in [-0.39, 0.29) is 5.75 Å². The molecule has 0 aromatic heterocycles. The van der Waals surface area contributed by atoms with Crippen LogP contribution in [-0.4, -0.2) is 17.8 Å². The van der Waals surface area contributed by atoms with Crippen molar-refractivity contribution < 1.29 is 9.53 Å². The van der Waals surface area contributed by atoms with Gasteiger partial charge in [0, 0.05) is 5.75 Å². The monoisotopic (exact) mass is 211 g/mol. The molecule has 76 valence electrons. The number of esters is 1. The molecule has 3 nitrogen and oxygen atoms in total. The Morgan fingerprint density at radius 3 is 2.57 bits per heavy atom. The minimum absolute atomic E-state index is 0.282. The maximum atomic E-state index is 11.2. The summed E-state index contributed by atoms with van der Waals surface area (Å²) in [4.78, 5) is 11.2. The summed E-state index contributed by atoms with van der Waals surface area (Å²) in [5, 5.41) is 0. The van der Waals surface area contributed by atoms with Gasteiger partial charge in [0.05, 0.1) is 0 Å². The molecule has 1 aromatic carbocycles. The average molecular weight is 211 g/mol. The van der Waals surface area contributed by atoms with Gasteiger partial charge in [0.2, 0.25) is 0 Å². The van der Waals surface area contributed by atoms with Gasteiger partial charge in [-0.15, -0.1) is 0 Å². The van der Waals surface area contributed by atoms with E-state index in [9.17, 15) is 4.79 Å². The van der Waals surface area contributed by atoms with Gasteiger partial charge >= 0.3 is 5.97 Å². The summed E-state index contributed by atoms with van der Waals surface area (Å²) < 4.78 is 5.01. The highest BCUT2D eigenvalue weighted by atomic mass is 32.1. The number of aryl methyl sites for hydroxylation is 1. The van der Waals surface area contributed by atoms with E-state index in [0.717, 1.165) is 5.56 Å². The summed E-state index contributed by atoms with van der Waals surface area (Å²) >= 11 is 3.91. The Labute approximate surface area is 88.7 Å². The van der Waals surface area contributed by atoms with Crippen LogP contribution >= 0.6 is 12.6 Å². The molecule has 2 N–H and O–H groups in total. The third-order valence-corrected chi connectivity index (χ3v) is 2.13. The fourth-order valence-corrected chi connectivity index (χ4v) is 1.02. The van der Waals surface area contributed by atoms with Gasteiger partial charge in [0.1, 0.15) is 11.8 Å². The predicted octanol–water partition coefficient (Wildman–Crippen LogP) is 1.16. The molecule has 0 amide bonds. The zero-order valence-corrected chi connectivity index (χ0v) is 8.83. The van der Waals surface area contributed by atoms with Crippen molar-refractivity contribution in [2.45, 2.75) is 13.0 Å². The normalized spacial score (nSPS) is 12.2. The van der Waals surface area contributed by atoms with Gasteiger partial charge in [-0.1, -0.05) is 17.7 Å². The Kier molecular flexibility index (Phi) is 3.98. The molecule has 0 saturated carbocycles. The molecule has 0 heterocycles. The highest BCUT2D eigenvalue weighted by molar-refractivity contribution is 7.80. The van der Waals surface area contributed by atoms with Crippen LogP contribution in [0.5, 0.6) is 5.75 Å². The smallest absolute Gasteiger partial charge is 0.329 e. The van der Waals surface area contributed by atoms with E-state index in [2.05, 4.69) is 12.6 Å². The fraction of sp³-hybridized carbons (Fsp3) is 0.300. The minimum Gasteiger partial charge on any atom is -0.425 e. The number of benzene rings is 1. The van der Waals surface area contributed by atoms with Gasteiger partial charge < -0.3 is 10.5 Å². The molecule has 0 bridgehead atoms. The minimum atomic E-state index is -0.667. The Balaban J connectivity index is 2.60. The first-order valence-electron chi connectivity index (χ1n) is 4.28. The number of hydrogen-bond acceptors (Lipinski definition) is 4. The fourth-order valence-electron chi connectivity index (χ4n) is 0.873. The van der Waals surface area contributed by atoms with E-state index in [1.807, 2.05) is 19.1 Å². The van der Waals surface area contributed by atoms with E-state index in [4.69, 9.17) is 10.5 Å². The van der Waals surface area contributed by atoms with E-state index in [1.165, 1.54) is 0 Å². The second-order valence-electron chi connectivity index (χ2n) is 3.02. The van der Waals surface area contributed by atoms with Crippen LogP contribution in [-0.2, 0) is 4.79 Å². The van der Waals surface area contributed by atoms with Gasteiger partial charge in [0.25, 0.3) is 0 Å². The summed E-state index contributed by atoms with van der Waals surface area (Å²) in [6.45, 7) is 1.96. The van der Waals surface area contributed by atoms with Gasteiger partial charge in [-0.2, -0.15) is 12.6 Å². The lowest BCUT2D eigenvalue weighted by atomic mass is 10.2. The summed E-state index contributed by atoms with van der Waals surface area (Å²) in [5.41, 5.74) is 6.56. The lowest BCUT2D eigenvalue weighted by Gasteiger charge is -2.08. The number of ether oxygens (including phenoxy) is 1. The van der Waals surface area contributed by atoms with Crippen molar-refractivity contribution in [3.63, 3.8) is 0 Å². The zero-order valence-electron chi connectivity index (χ0n) is 7.93. The van der Waals surface area contributed by atoms with Gasteiger partial charge in [-0.3, -0.25) is 0 Å². The largest absolute Gasteiger partial charge is 0.425 e. The topological polar surface area (TPSA) is 52.3 Å². The van der Waals surface area contributed by atoms with Crippen LogP contribution < -0.4 is 10.5 Å². The maximum absolute atomic E-state index is 11.2. The van der Waals surface area contributed by atoms with Crippen molar-refractivity contribution in [2.24, 2.45) is 5.73 Å². The number of nitrogens with two attached hydrogens (primary N) is 1. The summed E-state index contributed by atoms with van der Waals surface area (Å²) in [5.74, 6) is 0.340. The van der Waals surface area contributed by atoms with Crippen molar-refractivity contribution in [3.8, 4) is 5.75 Å². The third kappa shape index (κ3) is 3.05. The molecule has 0 fully saturated rings. The highest BCUT2D eigenvalue weighted by Crippen LogP contribution is 2.11. The Hall–Kier alpha value is -1.00. The lowest BCUT2D eigenvalue weighted by molar-refractivity contribution is -0.135. The lowest BCUT2D eigenvalue weighted by Crippen LogP contribution is -2.35. The molecule has 4 heteroatoms. The van der Waals surface area contributed by atoms with E-state index in [1.54, 1.807) is 12.1 Å². The Morgan fingerprint density at radius 1 is 1.50 bits per heavy atom. The maximum Gasteiger partial charge on any atom is 0.329 e. The molecule has 0 radical (unpaired) electrons. The van der Waals surface area contributed by atoms with Crippen molar-refractivity contribution in [3.05, 3.63) is 29.8 Å². The molecule has 0 saturated heterocycles. The number of rotatable bonds is 3. The van der Waals surface area contributed by atoms with Crippen LogP contribution in [0.15, 0.2) is 24.3 Å². The zero-order chi connectivity index (χ0) is 10.6. The van der Waals surface area contributed by atoms with E-state index < -0.39 is 12.0 Å². The number of carbonyl (C=O) groups excluding carboxylic acids is 1. The standard InChI is InChI=1S/C10H13NO2S/c1-7-2-4-8(5-3-7)13-10(12)9(11)6-14/h2-5,9,14H,6,11H2,1H3. The summed E-state index contributed by atoms with van der Waals surface area (Å²) in [6.07, 6.45) is 0. The highest BCUT2D eigenvalue weighted by Gasteiger charge is 2.13. The van der Waals surface area contributed by atoms with Crippen LogP contribution in [0.3, 0.4) is 0 Å². The SMILES string of the molecule is Cc1ccc(OC(=O)C(N)CS)cc1. The van der Waals surface area contributed by atoms with E-state index >= 15 is 0 Å². The van der Waals surface area contributed by atoms with Crippen molar-refractivity contribution >= 4 is 18.6 Å². The quantitative estimate of drug-likeness (QED) is 0.448. The van der Waals surface area contributed by atoms with Crippen molar-refractivity contribution in [2.75, 3.05) is 5.75 Å². The molecule has 1 atom stereocenters. The van der Waals surface area contributed by atoms with Crippen LogP contribution in [0.4, 0.5) is 0 Å². The summed E-state index contributed by atoms with van der Waals surface area (Å²) in [6, 6.07) is 6.54. The van der Waals surface area contributed by atoms with Gasteiger partial charge in [0.15, 0.2) is 0 Å². The molecule has 0 aliphatic rings. The molecular formula is C10H13NO2S. The van der Waals surface area contributed by atoms with Gasteiger partial charge in [-0.25, -0.2) is 4.79 Å².